The molecule has 4 N–H and O–H groups in total. The highest BCUT2D eigenvalue weighted by molar-refractivity contribution is 5.74. The largest absolute Gasteiger partial charge is 0.493 e. The summed E-state index contributed by atoms with van der Waals surface area (Å²) in [6.07, 6.45) is 2.39. The van der Waals surface area contributed by atoms with Crippen LogP contribution in [0.5, 0.6) is 11.5 Å². The highest BCUT2D eigenvalue weighted by Crippen LogP contribution is 2.36. The maximum atomic E-state index is 9.30. The predicted octanol–water partition coefficient (Wildman–Crippen LogP) is 1.98. The summed E-state index contributed by atoms with van der Waals surface area (Å²) in [5.74, 6) is 1.93. The molecule has 0 amide bonds. The highest BCUT2D eigenvalue weighted by atomic mass is 16.5. The molecule has 1 aliphatic rings. The number of aromatic nitrogens is 2. The van der Waals surface area contributed by atoms with E-state index in [4.69, 9.17) is 20.9 Å². The number of benzene rings is 1. The lowest BCUT2D eigenvalue weighted by Gasteiger charge is -2.13. The van der Waals surface area contributed by atoms with E-state index in [0.717, 1.165) is 0 Å². The number of nitrogens with zero attached hydrogens (tertiary/aromatic N) is 3. The summed E-state index contributed by atoms with van der Waals surface area (Å²) in [6, 6.07) is 7.35. The van der Waals surface area contributed by atoms with E-state index in [9.17, 15) is 5.26 Å². The first-order valence-corrected chi connectivity index (χ1v) is 7.26. The molecule has 7 nitrogen and oxygen atoms in total. The Bertz CT molecular complexity index is 781. The zero-order chi connectivity index (χ0) is 16.4. The van der Waals surface area contributed by atoms with Crippen LogP contribution in [-0.2, 0) is 0 Å². The van der Waals surface area contributed by atoms with E-state index in [-0.39, 0.29) is 17.3 Å². The van der Waals surface area contributed by atoms with Crippen LogP contribution in [0, 0.1) is 17.2 Å². The van der Waals surface area contributed by atoms with E-state index in [1.807, 2.05) is 6.07 Å². The van der Waals surface area contributed by atoms with Gasteiger partial charge < -0.3 is 20.9 Å². The molecule has 1 saturated carbocycles. The molecule has 0 saturated heterocycles. The van der Waals surface area contributed by atoms with Crippen LogP contribution in [0.3, 0.4) is 0 Å². The molecular formula is C16H17N5O2. The standard InChI is InChI=1S/C16H17N5O2/c1-22-12-5-4-10(6-13(12)23-8-9-2-3-9)14-11(7-17)15(18)21-16(19)20-14/h4-6,9H,2-3,8H2,1H3,(H4,18,19,20,21). The molecule has 23 heavy (non-hydrogen) atoms. The number of nitrogens with two attached hydrogens (primary N) is 2. The number of hydrogen-bond donors (Lipinski definition) is 2. The van der Waals surface area contributed by atoms with Gasteiger partial charge in [0.15, 0.2) is 11.5 Å². The molecular weight excluding hydrogens is 294 g/mol. The number of ether oxygens (including phenoxy) is 2. The van der Waals surface area contributed by atoms with Gasteiger partial charge in [-0.15, -0.1) is 0 Å². The van der Waals surface area contributed by atoms with Gasteiger partial charge in [-0.1, -0.05) is 0 Å². The van der Waals surface area contributed by atoms with Crippen molar-refractivity contribution in [1.82, 2.24) is 9.97 Å². The summed E-state index contributed by atoms with van der Waals surface area (Å²) < 4.78 is 11.2. The van der Waals surface area contributed by atoms with Gasteiger partial charge in [-0.25, -0.2) is 4.98 Å². The maximum Gasteiger partial charge on any atom is 0.222 e. The van der Waals surface area contributed by atoms with Crippen LogP contribution >= 0.6 is 0 Å². The van der Waals surface area contributed by atoms with E-state index in [0.29, 0.717) is 35.3 Å². The van der Waals surface area contributed by atoms with Gasteiger partial charge in [-0.2, -0.15) is 10.2 Å². The van der Waals surface area contributed by atoms with E-state index >= 15 is 0 Å². The van der Waals surface area contributed by atoms with Crippen molar-refractivity contribution in [2.24, 2.45) is 5.92 Å². The number of nitriles is 1. The van der Waals surface area contributed by atoms with Crippen molar-refractivity contribution >= 4 is 11.8 Å². The lowest BCUT2D eigenvalue weighted by atomic mass is 10.1. The van der Waals surface area contributed by atoms with Gasteiger partial charge in [0.25, 0.3) is 0 Å². The summed E-state index contributed by atoms with van der Waals surface area (Å²) in [6.45, 7) is 0.652. The zero-order valence-corrected chi connectivity index (χ0v) is 12.7. The Labute approximate surface area is 133 Å². The fourth-order valence-corrected chi connectivity index (χ4v) is 2.24. The van der Waals surface area contributed by atoms with Gasteiger partial charge in [0.2, 0.25) is 5.95 Å². The minimum Gasteiger partial charge on any atom is -0.493 e. The Balaban J connectivity index is 2.02. The van der Waals surface area contributed by atoms with Crippen molar-refractivity contribution in [3.05, 3.63) is 23.8 Å². The number of rotatable bonds is 5. The monoisotopic (exact) mass is 311 g/mol. The van der Waals surface area contributed by atoms with E-state index in [1.54, 1.807) is 25.3 Å². The number of methoxy groups -OCH3 is 1. The van der Waals surface area contributed by atoms with Crippen molar-refractivity contribution in [2.45, 2.75) is 12.8 Å². The maximum absolute atomic E-state index is 9.30. The van der Waals surface area contributed by atoms with Gasteiger partial charge in [0.05, 0.1) is 19.4 Å². The third-order valence-electron chi connectivity index (χ3n) is 3.67. The molecule has 1 aliphatic carbocycles. The third-order valence-corrected chi connectivity index (χ3v) is 3.67. The Kier molecular flexibility index (Phi) is 3.89. The summed E-state index contributed by atoms with van der Waals surface area (Å²) >= 11 is 0. The highest BCUT2D eigenvalue weighted by Gasteiger charge is 2.23. The van der Waals surface area contributed by atoms with Crippen molar-refractivity contribution < 1.29 is 9.47 Å². The molecule has 2 aromatic rings. The van der Waals surface area contributed by atoms with Crippen LogP contribution in [0.25, 0.3) is 11.3 Å². The Morgan fingerprint density at radius 2 is 2.04 bits per heavy atom. The molecule has 1 heterocycles. The van der Waals surface area contributed by atoms with Gasteiger partial charge in [-0.3, -0.25) is 0 Å². The molecule has 0 atom stereocenters. The van der Waals surface area contributed by atoms with Gasteiger partial charge in [0.1, 0.15) is 17.5 Å². The second kappa shape index (κ2) is 6.01. The summed E-state index contributed by atoms with van der Waals surface area (Å²) in [4.78, 5) is 7.97. The first kappa shape index (κ1) is 14.9. The van der Waals surface area contributed by atoms with Crippen LogP contribution in [0.2, 0.25) is 0 Å². The smallest absolute Gasteiger partial charge is 0.222 e. The van der Waals surface area contributed by atoms with E-state index in [1.165, 1.54) is 12.8 Å². The molecule has 0 spiro atoms. The van der Waals surface area contributed by atoms with Crippen LogP contribution in [-0.4, -0.2) is 23.7 Å². The lowest BCUT2D eigenvalue weighted by molar-refractivity contribution is 0.280. The average Bonchev–Trinajstić information content (AvgIpc) is 3.36. The fourth-order valence-electron chi connectivity index (χ4n) is 2.24. The molecule has 3 rings (SSSR count). The molecule has 1 aromatic heterocycles. The van der Waals surface area contributed by atoms with Gasteiger partial charge in [0, 0.05) is 5.56 Å². The van der Waals surface area contributed by atoms with Crippen LogP contribution < -0.4 is 20.9 Å². The minimum atomic E-state index is 0.0211. The zero-order valence-electron chi connectivity index (χ0n) is 12.7. The number of hydrogen-bond acceptors (Lipinski definition) is 7. The molecule has 118 valence electrons. The van der Waals surface area contributed by atoms with Crippen LogP contribution in [0.15, 0.2) is 18.2 Å². The fraction of sp³-hybridized carbons (Fsp3) is 0.312. The SMILES string of the molecule is COc1ccc(-c2nc(N)nc(N)c2C#N)cc1OCC1CC1. The lowest BCUT2D eigenvalue weighted by Crippen LogP contribution is -2.05. The van der Waals surface area contributed by atoms with E-state index < -0.39 is 0 Å². The molecule has 0 radical (unpaired) electrons. The topological polar surface area (TPSA) is 120 Å². The molecule has 0 bridgehead atoms. The predicted molar refractivity (Wildman–Crippen MR) is 85.8 cm³/mol. The number of nitrogen functional groups attached to an aromatic ring is 2. The second-order valence-electron chi connectivity index (χ2n) is 5.42. The Morgan fingerprint density at radius 1 is 1.26 bits per heavy atom. The quantitative estimate of drug-likeness (QED) is 0.866. The third kappa shape index (κ3) is 3.11. The Morgan fingerprint density at radius 3 is 2.70 bits per heavy atom. The second-order valence-corrected chi connectivity index (χ2v) is 5.42. The van der Waals surface area contributed by atoms with Crippen molar-refractivity contribution in [2.75, 3.05) is 25.2 Å². The van der Waals surface area contributed by atoms with Crippen molar-refractivity contribution in [3.63, 3.8) is 0 Å². The molecule has 7 heteroatoms. The van der Waals surface area contributed by atoms with Gasteiger partial charge in [-0.05, 0) is 37.0 Å². The summed E-state index contributed by atoms with van der Waals surface area (Å²) in [5, 5.41) is 9.30. The normalized spacial score (nSPS) is 13.4. The van der Waals surface area contributed by atoms with Crippen molar-refractivity contribution in [3.8, 4) is 28.8 Å². The van der Waals surface area contributed by atoms with Gasteiger partial charge >= 0.3 is 0 Å². The molecule has 0 unspecified atom stereocenters. The van der Waals surface area contributed by atoms with Crippen molar-refractivity contribution in [1.29, 1.82) is 5.26 Å². The summed E-state index contributed by atoms with van der Waals surface area (Å²) in [5.41, 5.74) is 12.7. The van der Waals surface area contributed by atoms with Crippen LogP contribution in [0.1, 0.15) is 18.4 Å². The Hall–Kier alpha value is -3.01. The minimum absolute atomic E-state index is 0.0211. The van der Waals surface area contributed by atoms with E-state index in [2.05, 4.69) is 9.97 Å². The molecule has 0 aliphatic heterocycles. The average molecular weight is 311 g/mol. The number of anilines is 2. The first-order valence-electron chi connectivity index (χ1n) is 7.26. The first-order chi connectivity index (χ1) is 11.1. The van der Waals surface area contributed by atoms with Crippen LogP contribution in [0.4, 0.5) is 11.8 Å². The molecule has 1 fully saturated rings. The molecule has 1 aromatic carbocycles. The summed E-state index contributed by atoms with van der Waals surface area (Å²) in [7, 11) is 1.58.